The lowest BCUT2D eigenvalue weighted by Crippen LogP contribution is -2.40. The number of hydrogen-bond donors (Lipinski definition) is 2. The molecule has 0 aliphatic rings. The van der Waals surface area contributed by atoms with Gasteiger partial charge in [-0.2, -0.15) is 0 Å². The Hall–Kier alpha value is -3.08. The van der Waals surface area contributed by atoms with Crippen molar-refractivity contribution in [2.45, 2.75) is 38.8 Å². The van der Waals surface area contributed by atoms with Crippen LogP contribution in [-0.2, 0) is 7.05 Å². The van der Waals surface area contributed by atoms with Crippen LogP contribution in [0.1, 0.15) is 61.3 Å². The van der Waals surface area contributed by atoms with Crippen molar-refractivity contribution in [1.29, 1.82) is 0 Å². The van der Waals surface area contributed by atoms with Gasteiger partial charge in [-0.25, -0.2) is 9.78 Å². The molecule has 3 aromatic rings. The molecule has 2 amide bonds. The largest absolute Gasteiger partial charge is 0.336 e. The molecule has 0 radical (unpaired) electrons. The van der Waals surface area contributed by atoms with Crippen molar-refractivity contribution in [3.63, 3.8) is 0 Å². The number of nitrogens with zero attached hydrogens (tertiary/aromatic N) is 2. The molecule has 0 saturated carbocycles. The summed E-state index contributed by atoms with van der Waals surface area (Å²) in [6.45, 7) is 6.33. The maximum atomic E-state index is 12.7. The maximum absolute atomic E-state index is 12.7. The van der Waals surface area contributed by atoms with Crippen molar-refractivity contribution >= 4 is 6.03 Å². The summed E-state index contributed by atoms with van der Waals surface area (Å²) in [5.41, 5.74) is 3.35. The van der Waals surface area contributed by atoms with Crippen molar-refractivity contribution in [2.75, 3.05) is 0 Å². The van der Waals surface area contributed by atoms with Crippen molar-refractivity contribution in [3.05, 3.63) is 89.5 Å². The van der Waals surface area contributed by atoms with E-state index in [9.17, 15) is 4.79 Å². The summed E-state index contributed by atoms with van der Waals surface area (Å²) in [7, 11) is 1.93. The fourth-order valence-electron chi connectivity index (χ4n) is 3.22. The first kappa shape index (κ1) is 19.7. The molecule has 5 heteroatoms. The molecule has 0 spiro atoms. The van der Waals surface area contributed by atoms with Crippen LogP contribution in [0.15, 0.2) is 67.0 Å². The number of nitrogens with one attached hydrogen (secondary N) is 2. The smallest absolute Gasteiger partial charge is 0.316 e. The second-order valence-electron chi connectivity index (χ2n) is 7.40. The topological polar surface area (TPSA) is 59.0 Å². The Morgan fingerprint density at radius 3 is 2.11 bits per heavy atom. The Morgan fingerprint density at radius 2 is 1.54 bits per heavy atom. The van der Waals surface area contributed by atoms with Gasteiger partial charge in [-0.15, -0.1) is 0 Å². The average molecular weight is 377 g/mol. The summed E-state index contributed by atoms with van der Waals surface area (Å²) in [6, 6.07) is 17.6. The van der Waals surface area contributed by atoms with Gasteiger partial charge >= 0.3 is 6.03 Å². The quantitative estimate of drug-likeness (QED) is 0.655. The number of imidazole rings is 1. The molecular formula is C23H28N4O. The summed E-state index contributed by atoms with van der Waals surface area (Å²) in [4.78, 5) is 17.2. The summed E-state index contributed by atoms with van der Waals surface area (Å²) in [6.07, 6.45) is 3.62. The van der Waals surface area contributed by atoms with Gasteiger partial charge < -0.3 is 15.2 Å². The van der Waals surface area contributed by atoms with Gasteiger partial charge in [-0.1, -0.05) is 68.4 Å². The number of carbonyl (C=O) groups excluding carboxylic acids is 1. The SMILES string of the molecule is CC(C)c1ccc([C@H](C)NC(=O)N[C@H](c2ccccc2)c2nccn2C)cc1. The van der Waals surface area contributed by atoms with Crippen molar-refractivity contribution in [2.24, 2.45) is 7.05 Å². The van der Waals surface area contributed by atoms with Crippen molar-refractivity contribution in [1.82, 2.24) is 20.2 Å². The number of carbonyl (C=O) groups is 1. The monoisotopic (exact) mass is 376 g/mol. The molecule has 2 atom stereocenters. The molecular weight excluding hydrogens is 348 g/mol. The minimum absolute atomic E-state index is 0.0981. The third-order valence-electron chi connectivity index (χ3n) is 4.98. The molecule has 0 bridgehead atoms. The van der Waals surface area contributed by atoms with Crippen LogP contribution < -0.4 is 10.6 Å². The first-order valence-corrected chi connectivity index (χ1v) is 9.64. The van der Waals surface area contributed by atoms with Gasteiger partial charge in [0, 0.05) is 19.4 Å². The van der Waals surface area contributed by atoms with E-state index in [1.54, 1.807) is 6.20 Å². The fraction of sp³-hybridized carbons (Fsp3) is 0.304. The molecule has 0 aliphatic heterocycles. The lowest BCUT2D eigenvalue weighted by atomic mass is 10.00. The van der Waals surface area contributed by atoms with Crippen molar-refractivity contribution in [3.8, 4) is 0 Å². The number of hydrogen-bond acceptors (Lipinski definition) is 2. The molecule has 5 nitrogen and oxygen atoms in total. The highest BCUT2D eigenvalue weighted by molar-refractivity contribution is 5.75. The molecule has 1 heterocycles. The molecule has 1 aromatic heterocycles. The molecule has 0 aliphatic carbocycles. The molecule has 28 heavy (non-hydrogen) atoms. The highest BCUT2D eigenvalue weighted by Crippen LogP contribution is 2.21. The van der Waals surface area contributed by atoms with Crippen LogP contribution in [0, 0.1) is 0 Å². The van der Waals surface area contributed by atoms with E-state index in [4.69, 9.17) is 0 Å². The molecule has 2 N–H and O–H groups in total. The number of rotatable bonds is 6. The third-order valence-corrected chi connectivity index (χ3v) is 4.98. The van der Waals surface area contributed by atoms with Crippen LogP contribution in [0.25, 0.3) is 0 Å². The Balaban J connectivity index is 1.72. The highest BCUT2D eigenvalue weighted by atomic mass is 16.2. The van der Waals surface area contributed by atoms with Crippen molar-refractivity contribution < 1.29 is 4.79 Å². The Labute approximate surface area is 166 Å². The first-order valence-electron chi connectivity index (χ1n) is 9.64. The first-order chi connectivity index (χ1) is 13.5. The molecule has 2 aromatic carbocycles. The number of amides is 2. The predicted octanol–water partition coefficient (Wildman–Crippen LogP) is 4.69. The van der Waals surface area contributed by atoms with E-state index in [0.717, 1.165) is 17.0 Å². The van der Waals surface area contributed by atoms with Crippen LogP contribution in [-0.4, -0.2) is 15.6 Å². The second kappa shape index (κ2) is 8.74. The average Bonchev–Trinajstić information content (AvgIpc) is 3.12. The van der Waals surface area contributed by atoms with E-state index < -0.39 is 0 Å². The van der Waals surface area contributed by atoms with Crippen LogP contribution >= 0.6 is 0 Å². The molecule has 146 valence electrons. The number of benzene rings is 2. The van der Waals surface area contributed by atoms with Crippen LogP contribution in [0.3, 0.4) is 0 Å². The third kappa shape index (κ3) is 4.60. The maximum Gasteiger partial charge on any atom is 0.316 e. The Morgan fingerprint density at radius 1 is 0.893 bits per heavy atom. The van der Waals surface area contributed by atoms with E-state index in [-0.39, 0.29) is 18.1 Å². The second-order valence-corrected chi connectivity index (χ2v) is 7.40. The van der Waals surface area contributed by atoms with Gasteiger partial charge in [-0.3, -0.25) is 0 Å². The van der Waals surface area contributed by atoms with E-state index >= 15 is 0 Å². The standard InChI is InChI=1S/C23H28N4O/c1-16(2)18-10-12-19(13-11-18)17(3)25-23(28)26-21(20-8-6-5-7-9-20)22-24-14-15-27(22)4/h5-17,21H,1-4H3,(H2,25,26,28)/t17-,21+/m0/s1. The Kier molecular flexibility index (Phi) is 6.14. The van der Waals surface area contributed by atoms with Crippen LogP contribution in [0.5, 0.6) is 0 Å². The lowest BCUT2D eigenvalue weighted by molar-refractivity contribution is 0.235. The van der Waals surface area contributed by atoms with Gasteiger partial charge in [-0.05, 0) is 29.5 Å². The summed E-state index contributed by atoms with van der Waals surface area (Å²) >= 11 is 0. The molecule has 3 rings (SSSR count). The number of urea groups is 1. The van der Waals surface area contributed by atoms with Gasteiger partial charge in [0.1, 0.15) is 11.9 Å². The van der Waals surface area contributed by atoms with E-state index in [1.165, 1.54) is 5.56 Å². The predicted molar refractivity (Wildman–Crippen MR) is 112 cm³/mol. The van der Waals surface area contributed by atoms with E-state index in [0.29, 0.717) is 5.92 Å². The number of aromatic nitrogens is 2. The highest BCUT2D eigenvalue weighted by Gasteiger charge is 2.21. The van der Waals surface area contributed by atoms with Gasteiger partial charge in [0.05, 0.1) is 6.04 Å². The van der Waals surface area contributed by atoms with Gasteiger partial charge in [0.25, 0.3) is 0 Å². The fourth-order valence-corrected chi connectivity index (χ4v) is 3.22. The minimum Gasteiger partial charge on any atom is -0.336 e. The number of aryl methyl sites for hydroxylation is 1. The summed E-state index contributed by atoms with van der Waals surface area (Å²) < 4.78 is 1.92. The minimum atomic E-state index is -0.322. The molecule has 0 unspecified atom stereocenters. The zero-order valence-electron chi connectivity index (χ0n) is 16.9. The van der Waals surface area contributed by atoms with E-state index in [2.05, 4.69) is 53.7 Å². The zero-order chi connectivity index (χ0) is 20.1. The molecule has 0 saturated heterocycles. The molecule has 0 fully saturated rings. The summed E-state index contributed by atoms with van der Waals surface area (Å²) in [5.74, 6) is 1.28. The Bertz CT molecular complexity index is 900. The van der Waals surface area contributed by atoms with Crippen LogP contribution in [0.4, 0.5) is 4.79 Å². The normalized spacial score (nSPS) is 13.2. The van der Waals surface area contributed by atoms with Gasteiger partial charge in [0.15, 0.2) is 0 Å². The van der Waals surface area contributed by atoms with Gasteiger partial charge in [0.2, 0.25) is 0 Å². The lowest BCUT2D eigenvalue weighted by Gasteiger charge is -2.22. The van der Waals surface area contributed by atoms with E-state index in [1.807, 2.05) is 55.1 Å². The van der Waals surface area contributed by atoms with Crippen LogP contribution in [0.2, 0.25) is 0 Å². The summed E-state index contributed by atoms with van der Waals surface area (Å²) in [5, 5.41) is 6.11. The zero-order valence-corrected chi connectivity index (χ0v) is 16.9.